The lowest BCUT2D eigenvalue weighted by atomic mass is 10.1. The van der Waals surface area contributed by atoms with E-state index in [9.17, 15) is 8.42 Å². The number of nitrogens with zero attached hydrogens (tertiary/aromatic N) is 2. The molecular weight excluding hydrogens is 404 g/mol. The van der Waals surface area contributed by atoms with Crippen LogP contribution in [0.1, 0.15) is 31.4 Å². The topological polar surface area (TPSA) is 92.3 Å². The first-order valence-corrected chi connectivity index (χ1v) is 12.5. The maximum atomic E-state index is 11.7. The summed E-state index contributed by atoms with van der Waals surface area (Å²) in [6.45, 7) is 10.8. The number of aryl methyl sites for hydroxylation is 1. The summed E-state index contributed by atoms with van der Waals surface area (Å²) in [7, 11) is -3.11. The van der Waals surface area contributed by atoms with E-state index in [1.165, 1.54) is 6.26 Å². The van der Waals surface area contributed by atoms with Crippen LogP contribution in [-0.2, 0) is 21.3 Å². The molecule has 0 radical (unpaired) electrons. The molecule has 1 aliphatic rings. The highest BCUT2D eigenvalue weighted by Crippen LogP contribution is 2.21. The SMILES string of the molecule is CCNC(=NCc1ccc(C)cc1OCCOCC)NCC1CCN(S(C)(=O)=O)C1. The number of ether oxygens (including phenoxy) is 2. The molecule has 1 aromatic rings. The Morgan fingerprint density at radius 3 is 2.73 bits per heavy atom. The van der Waals surface area contributed by atoms with E-state index in [4.69, 9.17) is 14.5 Å². The summed E-state index contributed by atoms with van der Waals surface area (Å²) in [6.07, 6.45) is 2.12. The minimum absolute atomic E-state index is 0.278. The molecule has 0 bridgehead atoms. The molecule has 30 heavy (non-hydrogen) atoms. The van der Waals surface area contributed by atoms with E-state index < -0.39 is 10.0 Å². The second-order valence-electron chi connectivity index (χ2n) is 7.51. The fourth-order valence-corrected chi connectivity index (χ4v) is 4.21. The molecule has 8 nitrogen and oxygen atoms in total. The molecule has 0 aromatic heterocycles. The second kappa shape index (κ2) is 12.1. The zero-order chi connectivity index (χ0) is 22.0. The van der Waals surface area contributed by atoms with Gasteiger partial charge in [-0.3, -0.25) is 0 Å². The van der Waals surface area contributed by atoms with Crippen molar-refractivity contribution >= 4 is 16.0 Å². The number of hydrogen-bond donors (Lipinski definition) is 2. The summed E-state index contributed by atoms with van der Waals surface area (Å²) >= 11 is 0. The van der Waals surface area contributed by atoms with Gasteiger partial charge in [-0.15, -0.1) is 0 Å². The van der Waals surface area contributed by atoms with Crippen molar-refractivity contribution in [3.63, 3.8) is 0 Å². The molecule has 1 aliphatic heterocycles. The van der Waals surface area contributed by atoms with Gasteiger partial charge in [-0.2, -0.15) is 0 Å². The third-order valence-corrected chi connectivity index (χ3v) is 6.21. The van der Waals surface area contributed by atoms with Crippen LogP contribution in [0.3, 0.4) is 0 Å². The summed E-state index contributed by atoms with van der Waals surface area (Å²) in [5, 5.41) is 6.61. The van der Waals surface area contributed by atoms with E-state index in [2.05, 4.69) is 16.7 Å². The molecule has 0 saturated carbocycles. The van der Waals surface area contributed by atoms with E-state index in [-0.39, 0.29) is 5.92 Å². The molecule has 1 unspecified atom stereocenters. The van der Waals surface area contributed by atoms with Gasteiger partial charge in [0.05, 0.1) is 19.4 Å². The first-order chi connectivity index (χ1) is 14.3. The van der Waals surface area contributed by atoms with Crippen molar-refractivity contribution in [1.29, 1.82) is 0 Å². The first kappa shape index (κ1) is 24.4. The molecule has 1 heterocycles. The fourth-order valence-electron chi connectivity index (χ4n) is 3.29. The number of hydrogen-bond acceptors (Lipinski definition) is 5. The molecule has 9 heteroatoms. The third kappa shape index (κ3) is 8.12. The van der Waals surface area contributed by atoms with Gasteiger partial charge in [0.15, 0.2) is 5.96 Å². The van der Waals surface area contributed by atoms with Gasteiger partial charge in [0.2, 0.25) is 10.0 Å². The van der Waals surface area contributed by atoms with Gasteiger partial charge in [0, 0.05) is 38.3 Å². The monoisotopic (exact) mass is 440 g/mol. The Morgan fingerprint density at radius 1 is 1.27 bits per heavy atom. The third-order valence-electron chi connectivity index (χ3n) is 4.94. The van der Waals surface area contributed by atoms with Crippen LogP contribution in [-0.4, -0.2) is 70.9 Å². The highest BCUT2D eigenvalue weighted by Gasteiger charge is 2.28. The Hall–Kier alpha value is -1.84. The molecule has 1 saturated heterocycles. The minimum atomic E-state index is -3.11. The fraction of sp³-hybridized carbons (Fsp3) is 0.667. The van der Waals surface area contributed by atoms with E-state index in [1.54, 1.807) is 4.31 Å². The second-order valence-corrected chi connectivity index (χ2v) is 9.49. The van der Waals surface area contributed by atoms with E-state index in [1.807, 2.05) is 32.9 Å². The van der Waals surface area contributed by atoms with Crippen molar-refractivity contribution in [1.82, 2.24) is 14.9 Å². The highest BCUT2D eigenvalue weighted by molar-refractivity contribution is 7.88. The van der Waals surface area contributed by atoms with Gasteiger partial charge in [0.1, 0.15) is 12.4 Å². The Bertz CT molecular complexity index is 798. The van der Waals surface area contributed by atoms with Crippen molar-refractivity contribution in [2.24, 2.45) is 10.9 Å². The van der Waals surface area contributed by atoms with Gasteiger partial charge in [-0.05, 0) is 44.7 Å². The smallest absolute Gasteiger partial charge is 0.211 e. The zero-order valence-corrected chi connectivity index (χ0v) is 19.4. The molecular formula is C21H36N4O4S. The van der Waals surface area contributed by atoms with Gasteiger partial charge < -0.3 is 20.1 Å². The van der Waals surface area contributed by atoms with Crippen molar-refractivity contribution in [2.45, 2.75) is 33.7 Å². The Kier molecular flexibility index (Phi) is 9.87. The molecule has 1 atom stereocenters. The molecule has 0 spiro atoms. The molecule has 170 valence electrons. The number of benzene rings is 1. The summed E-state index contributed by atoms with van der Waals surface area (Å²) in [5.74, 6) is 1.82. The number of aliphatic imine (C=N–C) groups is 1. The van der Waals surface area contributed by atoms with Crippen LogP contribution in [0.2, 0.25) is 0 Å². The normalized spacial score (nSPS) is 17.9. The summed E-state index contributed by atoms with van der Waals surface area (Å²) in [5.41, 5.74) is 2.15. The highest BCUT2D eigenvalue weighted by atomic mass is 32.2. The van der Waals surface area contributed by atoms with E-state index >= 15 is 0 Å². The quantitative estimate of drug-likeness (QED) is 0.309. The number of guanidine groups is 1. The van der Waals surface area contributed by atoms with Crippen LogP contribution >= 0.6 is 0 Å². The van der Waals surface area contributed by atoms with Crippen molar-refractivity contribution in [2.75, 3.05) is 52.3 Å². The van der Waals surface area contributed by atoms with Crippen LogP contribution in [0, 0.1) is 12.8 Å². The van der Waals surface area contributed by atoms with Gasteiger partial charge >= 0.3 is 0 Å². The summed E-state index contributed by atoms with van der Waals surface area (Å²) < 4.78 is 36.2. The average molecular weight is 441 g/mol. The molecule has 0 amide bonds. The molecule has 0 aliphatic carbocycles. The molecule has 2 N–H and O–H groups in total. The molecule has 2 rings (SSSR count). The molecule has 1 fully saturated rings. The van der Waals surface area contributed by atoms with Crippen molar-refractivity contribution in [3.8, 4) is 5.75 Å². The zero-order valence-electron chi connectivity index (χ0n) is 18.6. The maximum absolute atomic E-state index is 11.7. The predicted octanol–water partition coefficient (Wildman–Crippen LogP) is 1.75. The lowest BCUT2D eigenvalue weighted by Gasteiger charge is -2.16. The van der Waals surface area contributed by atoms with Crippen LogP contribution in [0.5, 0.6) is 5.75 Å². The van der Waals surface area contributed by atoms with Crippen LogP contribution < -0.4 is 15.4 Å². The van der Waals surface area contributed by atoms with E-state index in [0.717, 1.165) is 35.8 Å². The summed E-state index contributed by atoms with van der Waals surface area (Å²) in [6, 6.07) is 6.12. The van der Waals surface area contributed by atoms with Crippen LogP contribution in [0.15, 0.2) is 23.2 Å². The van der Waals surface area contributed by atoms with E-state index in [0.29, 0.717) is 46.0 Å². The number of sulfonamides is 1. The minimum Gasteiger partial charge on any atom is -0.491 e. The van der Waals surface area contributed by atoms with Gasteiger partial charge in [-0.25, -0.2) is 17.7 Å². The Labute approximate surface area is 181 Å². The summed E-state index contributed by atoms with van der Waals surface area (Å²) in [4.78, 5) is 4.70. The number of rotatable bonds is 11. The lowest BCUT2D eigenvalue weighted by Crippen LogP contribution is -2.40. The largest absolute Gasteiger partial charge is 0.491 e. The number of nitrogens with one attached hydrogen (secondary N) is 2. The molecule has 1 aromatic carbocycles. The predicted molar refractivity (Wildman–Crippen MR) is 121 cm³/mol. The average Bonchev–Trinajstić information content (AvgIpc) is 3.18. The van der Waals surface area contributed by atoms with Crippen molar-refractivity contribution in [3.05, 3.63) is 29.3 Å². The lowest BCUT2D eigenvalue weighted by molar-refractivity contribution is 0.110. The van der Waals surface area contributed by atoms with Crippen LogP contribution in [0.25, 0.3) is 0 Å². The standard InChI is InChI=1S/C21H36N4O4S/c1-5-22-21(23-14-18-9-10-25(16-18)30(4,26)27)24-15-19-8-7-17(3)13-20(19)29-12-11-28-6-2/h7-8,13,18H,5-6,9-12,14-16H2,1-4H3,(H2,22,23,24). The maximum Gasteiger partial charge on any atom is 0.211 e. The first-order valence-electron chi connectivity index (χ1n) is 10.6. The van der Waals surface area contributed by atoms with Crippen molar-refractivity contribution < 1.29 is 17.9 Å². The van der Waals surface area contributed by atoms with Gasteiger partial charge in [0.25, 0.3) is 0 Å². The van der Waals surface area contributed by atoms with Crippen LogP contribution in [0.4, 0.5) is 0 Å². The van der Waals surface area contributed by atoms with Gasteiger partial charge in [-0.1, -0.05) is 12.1 Å². The Morgan fingerprint density at radius 2 is 2.07 bits per heavy atom. The Balaban J connectivity index is 1.95.